The summed E-state index contributed by atoms with van der Waals surface area (Å²) >= 11 is 5.82. The van der Waals surface area contributed by atoms with Crippen molar-refractivity contribution in [3.05, 3.63) is 29.3 Å². The van der Waals surface area contributed by atoms with Gasteiger partial charge in [-0.3, -0.25) is 4.79 Å². The molecule has 6 nitrogen and oxygen atoms in total. The largest absolute Gasteiger partial charge is 0.484 e. The number of aliphatic carboxylic acids is 1. The van der Waals surface area contributed by atoms with Gasteiger partial charge in [-0.25, -0.2) is 4.79 Å². The molecular formula is C14H16ClNO5. The summed E-state index contributed by atoms with van der Waals surface area (Å²) in [5, 5.41) is 9.50. The van der Waals surface area contributed by atoms with E-state index in [4.69, 9.17) is 26.2 Å². The average Bonchev–Trinajstić information content (AvgIpc) is 2.44. The van der Waals surface area contributed by atoms with Gasteiger partial charge in [0, 0.05) is 11.6 Å². The quantitative estimate of drug-likeness (QED) is 0.910. The molecule has 1 unspecified atom stereocenters. The zero-order valence-electron chi connectivity index (χ0n) is 11.5. The van der Waals surface area contributed by atoms with Crippen molar-refractivity contribution < 1.29 is 24.2 Å². The highest BCUT2D eigenvalue weighted by atomic mass is 35.5. The molecule has 0 radical (unpaired) electrons. The lowest BCUT2D eigenvalue weighted by Crippen LogP contribution is -2.52. The lowest BCUT2D eigenvalue weighted by molar-refractivity contribution is -0.167. The summed E-state index contributed by atoms with van der Waals surface area (Å²) < 4.78 is 10.6. The first-order valence-corrected chi connectivity index (χ1v) is 6.88. The molecule has 0 aromatic heterocycles. The number of carbonyl (C=O) groups is 2. The minimum Gasteiger partial charge on any atom is -0.484 e. The first-order valence-electron chi connectivity index (χ1n) is 6.50. The molecule has 2 rings (SSSR count). The van der Waals surface area contributed by atoms with Crippen molar-refractivity contribution in [3.8, 4) is 5.75 Å². The molecule has 2 atom stereocenters. The van der Waals surface area contributed by atoms with Gasteiger partial charge in [-0.15, -0.1) is 0 Å². The van der Waals surface area contributed by atoms with Crippen LogP contribution in [0, 0.1) is 0 Å². The van der Waals surface area contributed by atoms with Crippen LogP contribution >= 0.6 is 11.6 Å². The minimum absolute atomic E-state index is 0.0252. The van der Waals surface area contributed by atoms with Gasteiger partial charge in [0.05, 0.1) is 12.6 Å². The van der Waals surface area contributed by atoms with E-state index in [1.165, 1.54) is 4.90 Å². The van der Waals surface area contributed by atoms with E-state index in [9.17, 15) is 9.59 Å². The molecule has 1 aliphatic rings. The van der Waals surface area contributed by atoms with E-state index in [0.717, 1.165) is 0 Å². The SMILES string of the molecule is C[C@@H]1CN(C(=O)COc2cccc(Cl)c2)CC(C(=O)O)O1. The lowest BCUT2D eigenvalue weighted by Gasteiger charge is -2.34. The second-order valence-corrected chi connectivity index (χ2v) is 5.25. The number of carboxylic acid groups (broad SMARTS) is 1. The smallest absolute Gasteiger partial charge is 0.334 e. The third-order valence-corrected chi connectivity index (χ3v) is 3.28. The Morgan fingerprint density at radius 2 is 2.24 bits per heavy atom. The molecule has 21 heavy (non-hydrogen) atoms. The van der Waals surface area contributed by atoms with Crippen molar-refractivity contribution in [2.75, 3.05) is 19.7 Å². The Morgan fingerprint density at radius 3 is 2.90 bits per heavy atom. The fraction of sp³-hybridized carbons (Fsp3) is 0.429. The van der Waals surface area contributed by atoms with Gasteiger partial charge in [-0.05, 0) is 25.1 Å². The fourth-order valence-corrected chi connectivity index (χ4v) is 2.26. The number of carbonyl (C=O) groups excluding carboxylic acids is 1. The number of nitrogens with zero attached hydrogens (tertiary/aromatic N) is 1. The number of morpholine rings is 1. The number of benzene rings is 1. The fourth-order valence-electron chi connectivity index (χ4n) is 2.08. The van der Waals surface area contributed by atoms with Gasteiger partial charge < -0.3 is 19.5 Å². The van der Waals surface area contributed by atoms with E-state index < -0.39 is 12.1 Å². The Bertz CT molecular complexity index is 536. The Hall–Kier alpha value is -1.79. The predicted octanol–water partition coefficient (Wildman–Crippen LogP) is 1.42. The van der Waals surface area contributed by atoms with E-state index in [1.54, 1.807) is 31.2 Å². The molecule has 1 aromatic carbocycles. The minimum atomic E-state index is -1.07. The van der Waals surface area contributed by atoms with Crippen molar-refractivity contribution in [1.82, 2.24) is 4.90 Å². The van der Waals surface area contributed by atoms with Crippen molar-refractivity contribution in [2.45, 2.75) is 19.1 Å². The molecule has 1 aliphatic heterocycles. The summed E-state index contributed by atoms with van der Waals surface area (Å²) in [7, 11) is 0. The van der Waals surface area contributed by atoms with Crippen LogP contribution in [-0.4, -0.2) is 53.8 Å². The van der Waals surface area contributed by atoms with E-state index in [-0.39, 0.29) is 25.2 Å². The van der Waals surface area contributed by atoms with Crippen molar-refractivity contribution in [1.29, 1.82) is 0 Å². The number of rotatable bonds is 4. The standard InChI is InChI=1S/C14H16ClNO5/c1-9-6-16(7-12(21-9)14(18)19)13(17)8-20-11-4-2-3-10(15)5-11/h2-5,9,12H,6-8H2,1H3,(H,18,19)/t9-,12?/m1/s1. The Balaban J connectivity index is 1.92. The normalized spacial score (nSPS) is 21.9. The summed E-state index contributed by atoms with van der Waals surface area (Å²) in [6.45, 7) is 1.94. The zero-order chi connectivity index (χ0) is 15.4. The second kappa shape index (κ2) is 6.78. The molecule has 1 aromatic rings. The first-order chi connectivity index (χ1) is 9.95. The lowest BCUT2D eigenvalue weighted by atomic mass is 10.2. The van der Waals surface area contributed by atoms with Crippen LogP contribution in [0.4, 0.5) is 0 Å². The maximum atomic E-state index is 12.1. The van der Waals surface area contributed by atoms with Crippen LogP contribution in [0.25, 0.3) is 0 Å². The van der Waals surface area contributed by atoms with E-state index >= 15 is 0 Å². The van der Waals surface area contributed by atoms with Crippen LogP contribution in [0.5, 0.6) is 5.75 Å². The third-order valence-electron chi connectivity index (χ3n) is 3.05. The second-order valence-electron chi connectivity index (χ2n) is 4.82. The molecule has 1 saturated heterocycles. The zero-order valence-corrected chi connectivity index (χ0v) is 12.2. The number of halogens is 1. The highest BCUT2D eigenvalue weighted by molar-refractivity contribution is 6.30. The highest BCUT2D eigenvalue weighted by Crippen LogP contribution is 2.17. The first kappa shape index (κ1) is 15.6. The van der Waals surface area contributed by atoms with E-state index in [0.29, 0.717) is 17.3 Å². The summed E-state index contributed by atoms with van der Waals surface area (Å²) in [6, 6.07) is 6.73. The van der Waals surface area contributed by atoms with Gasteiger partial charge in [-0.1, -0.05) is 17.7 Å². The van der Waals surface area contributed by atoms with Gasteiger partial charge in [0.25, 0.3) is 5.91 Å². The molecule has 0 saturated carbocycles. The van der Waals surface area contributed by atoms with Crippen LogP contribution in [0.2, 0.25) is 5.02 Å². The van der Waals surface area contributed by atoms with Crippen LogP contribution in [0.15, 0.2) is 24.3 Å². The third kappa shape index (κ3) is 4.34. The Kier molecular flexibility index (Phi) is 5.03. The maximum Gasteiger partial charge on any atom is 0.334 e. The molecule has 1 amide bonds. The van der Waals surface area contributed by atoms with Crippen LogP contribution < -0.4 is 4.74 Å². The van der Waals surface area contributed by atoms with Gasteiger partial charge >= 0.3 is 5.97 Å². The Labute approximate surface area is 127 Å². The van der Waals surface area contributed by atoms with Gasteiger partial charge in [-0.2, -0.15) is 0 Å². The van der Waals surface area contributed by atoms with Crippen molar-refractivity contribution in [2.24, 2.45) is 0 Å². The molecule has 1 fully saturated rings. The molecule has 0 spiro atoms. The molecular weight excluding hydrogens is 298 g/mol. The molecule has 114 valence electrons. The van der Waals surface area contributed by atoms with E-state index in [1.807, 2.05) is 0 Å². The van der Waals surface area contributed by atoms with Crippen molar-refractivity contribution >= 4 is 23.5 Å². The van der Waals surface area contributed by atoms with Crippen LogP contribution in [0.3, 0.4) is 0 Å². The Morgan fingerprint density at radius 1 is 1.48 bits per heavy atom. The molecule has 0 aliphatic carbocycles. The van der Waals surface area contributed by atoms with Gasteiger partial charge in [0.1, 0.15) is 5.75 Å². The maximum absolute atomic E-state index is 12.1. The van der Waals surface area contributed by atoms with Crippen molar-refractivity contribution in [3.63, 3.8) is 0 Å². The summed E-state index contributed by atoms with van der Waals surface area (Å²) in [5.41, 5.74) is 0. The topological polar surface area (TPSA) is 76.1 Å². The van der Waals surface area contributed by atoms with Gasteiger partial charge in [0.2, 0.25) is 0 Å². The number of hydrogen-bond acceptors (Lipinski definition) is 4. The summed E-state index contributed by atoms with van der Waals surface area (Å²) in [5.74, 6) is -0.863. The van der Waals surface area contributed by atoms with Crippen LogP contribution in [-0.2, 0) is 14.3 Å². The number of ether oxygens (including phenoxy) is 2. The predicted molar refractivity (Wildman–Crippen MR) is 75.5 cm³/mol. The molecule has 0 bridgehead atoms. The highest BCUT2D eigenvalue weighted by Gasteiger charge is 2.32. The average molecular weight is 314 g/mol. The number of carboxylic acids is 1. The molecule has 1 heterocycles. The van der Waals surface area contributed by atoms with Crippen LogP contribution in [0.1, 0.15) is 6.92 Å². The van der Waals surface area contributed by atoms with E-state index in [2.05, 4.69) is 0 Å². The molecule has 7 heteroatoms. The number of amides is 1. The number of hydrogen-bond donors (Lipinski definition) is 1. The molecule has 1 N–H and O–H groups in total. The summed E-state index contributed by atoms with van der Waals surface area (Å²) in [6.07, 6.45) is -1.32. The monoisotopic (exact) mass is 313 g/mol. The summed E-state index contributed by atoms with van der Waals surface area (Å²) in [4.78, 5) is 24.5. The van der Waals surface area contributed by atoms with Gasteiger partial charge in [0.15, 0.2) is 12.7 Å².